The number of anilines is 2. The molecule has 0 aliphatic rings. The first-order chi connectivity index (χ1) is 7.24. The van der Waals surface area contributed by atoms with Gasteiger partial charge in [0.05, 0.1) is 12.8 Å². The second kappa shape index (κ2) is 5.82. The Hall–Kier alpha value is -0.950. The molecule has 0 bridgehead atoms. The topological polar surface area (TPSA) is 33.3 Å². The Kier molecular flexibility index (Phi) is 4.70. The first-order valence-corrected chi connectivity index (χ1v) is 5.70. The normalized spacial score (nSPS) is 9.87. The van der Waals surface area contributed by atoms with Gasteiger partial charge in [-0.05, 0) is 34.4 Å². The van der Waals surface area contributed by atoms with Gasteiger partial charge in [0.25, 0.3) is 0 Å². The maximum atomic E-state index is 5.33. The lowest BCUT2D eigenvalue weighted by molar-refractivity contribution is 0.416. The van der Waals surface area contributed by atoms with Gasteiger partial charge in [0, 0.05) is 6.54 Å². The highest BCUT2D eigenvalue weighted by Gasteiger charge is 2.09. The Labute approximate surface area is 93.9 Å². The summed E-state index contributed by atoms with van der Waals surface area (Å²) in [6.45, 7) is 5.16. The molecule has 0 heterocycles. The van der Waals surface area contributed by atoms with E-state index in [0.717, 1.165) is 30.1 Å². The van der Waals surface area contributed by atoms with Crippen LogP contribution in [0.25, 0.3) is 0 Å². The monoisotopic (exact) mass is 226 g/mol. The number of aryl methyl sites for hydroxylation is 1. The number of benzene rings is 1. The molecule has 0 saturated heterocycles. The van der Waals surface area contributed by atoms with E-state index in [1.54, 1.807) is 7.11 Å². The smallest absolute Gasteiger partial charge is 0.144 e. The molecule has 1 atom stereocenters. The van der Waals surface area contributed by atoms with Gasteiger partial charge in [-0.25, -0.2) is 0 Å². The Morgan fingerprint density at radius 1 is 1.33 bits per heavy atom. The summed E-state index contributed by atoms with van der Waals surface area (Å²) in [5.74, 6) is 0.874. The summed E-state index contributed by atoms with van der Waals surface area (Å²) >= 11 is 0. The van der Waals surface area contributed by atoms with E-state index in [0.29, 0.717) is 0 Å². The molecule has 0 spiro atoms. The van der Waals surface area contributed by atoms with Crippen LogP contribution in [0.4, 0.5) is 11.4 Å². The third-order valence-corrected chi connectivity index (χ3v) is 2.58. The molecule has 0 fully saturated rings. The van der Waals surface area contributed by atoms with E-state index in [4.69, 9.17) is 4.74 Å². The summed E-state index contributed by atoms with van der Waals surface area (Å²) in [6, 6.07) is 4.03. The van der Waals surface area contributed by atoms with E-state index >= 15 is 0 Å². The van der Waals surface area contributed by atoms with Crippen molar-refractivity contribution >= 4 is 20.8 Å². The maximum Gasteiger partial charge on any atom is 0.144 e. The second-order valence-corrected chi connectivity index (χ2v) is 3.69. The van der Waals surface area contributed by atoms with E-state index in [2.05, 4.69) is 33.6 Å². The molecule has 15 heavy (non-hydrogen) atoms. The van der Waals surface area contributed by atoms with Crippen molar-refractivity contribution in [2.24, 2.45) is 0 Å². The van der Waals surface area contributed by atoms with Crippen molar-refractivity contribution in [3.05, 3.63) is 17.7 Å². The molecule has 84 valence electrons. The van der Waals surface area contributed by atoms with Crippen molar-refractivity contribution in [2.75, 3.05) is 24.1 Å². The molecular weight excluding hydrogens is 207 g/mol. The van der Waals surface area contributed by atoms with Crippen LogP contribution in [0.2, 0.25) is 0 Å². The quantitative estimate of drug-likeness (QED) is 0.757. The fraction of sp³-hybridized carbons (Fsp3) is 0.455. The molecule has 1 aromatic carbocycles. The van der Waals surface area contributed by atoms with Gasteiger partial charge in [-0.1, -0.05) is 13.0 Å². The molecule has 0 aliphatic carbocycles. The fourth-order valence-corrected chi connectivity index (χ4v) is 1.84. The molecule has 1 aromatic rings. The van der Waals surface area contributed by atoms with Gasteiger partial charge in [-0.3, -0.25) is 0 Å². The first-order valence-electron chi connectivity index (χ1n) is 5.12. The average Bonchev–Trinajstić information content (AvgIpc) is 2.26. The minimum atomic E-state index is 0.874. The molecule has 0 aliphatic heterocycles. The van der Waals surface area contributed by atoms with Crippen LogP contribution in [0.15, 0.2) is 12.1 Å². The zero-order valence-electron chi connectivity index (χ0n) is 9.55. The predicted octanol–water partition coefficient (Wildman–Crippen LogP) is 3.03. The molecule has 3 nitrogen and oxygen atoms in total. The number of nitrogens with one attached hydrogen (secondary N) is 2. The van der Waals surface area contributed by atoms with Gasteiger partial charge in [-0.15, -0.1) is 0 Å². The van der Waals surface area contributed by atoms with Crippen molar-refractivity contribution in [3.63, 3.8) is 0 Å². The number of rotatable bonds is 5. The second-order valence-electron chi connectivity index (χ2n) is 3.41. The summed E-state index contributed by atoms with van der Waals surface area (Å²) in [4.78, 5) is 0. The summed E-state index contributed by atoms with van der Waals surface area (Å²) in [5, 5.41) is 6.50. The maximum absolute atomic E-state index is 5.33. The van der Waals surface area contributed by atoms with Crippen LogP contribution in [0.5, 0.6) is 5.75 Å². The lowest BCUT2D eigenvalue weighted by Gasteiger charge is -2.17. The van der Waals surface area contributed by atoms with Crippen molar-refractivity contribution < 1.29 is 4.74 Å². The average molecular weight is 226 g/mol. The van der Waals surface area contributed by atoms with Crippen LogP contribution >= 0.6 is 9.39 Å². The van der Waals surface area contributed by atoms with E-state index in [1.807, 2.05) is 12.1 Å². The molecule has 1 rings (SSSR count). The summed E-state index contributed by atoms with van der Waals surface area (Å²) < 4.78 is 5.33. The van der Waals surface area contributed by atoms with Crippen LogP contribution in [-0.2, 0) is 0 Å². The zero-order chi connectivity index (χ0) is 11.3. The van der Waals surface area contributed by atoms with Crippen molar-refractivity contribution in [1.82, 2.24) is 0 Å². The van der Waals surface area contributed by atoms with Gasteiger partial charge in [-0.2, -0.15) is 0 Å². The predicted molar refractivity (Wildman–Crippen MR) is 69.8 cm³/mol. The number of hydrogen-bond acceptors (Lipinski definition) is 3. The van der Waals surface area contributed by atoms with E-state index < -0.39 is 0 Å². The SMILES string of the molecule is CCCNc1c(OC)ccc(C)c1NP. The molecular formula is C11H19N2OP. The van der Waals surface area contributed by atoms with E-state index in [-0.39, 0.29) is 0 Å². The molecule has 0 saturated carbocycles. The van der Waals surface area contributed by atoms with Crippen LogP contribution in [0, 0.1) is 6.92 Å². The van der Waals surface area contributed by atoms with Crippen LogP contribution in [-0.4, -0.2) is 13.7 Å². The Bertz CT molecular complexity index is 329. The van der Waals surface area contributed by atoms with Crippen molar-refractivity contribution in [1.29, 1.82) is 0 Å². The zero-order valence-corrected chi connectivity index (χ0v) is 10.7. The summed E-state index contributed by atoms with van der Waals surface area (Å²) in [5.41, 5.74) is 3.31. The standard InChI is InChI=1S/C11H19N2OP/c1-4-7-12-11-9(14-3)6-5-8(2)10(11)13-15/h5-6,12-13H,4,7,15H2,1-3H3. The number of methoxy groups -OCH3 is 1. The highest BCUT2D eigenvalue weighted by Crippen LogP contribution is 2.36. The van der Waals surface area contributed by atoms with E-state index in [1.165, 1.54) is 5.56 Å². The van der Waals surface area contributed by atoms with E-state index in [9.17, 15) is 0 Å². The van der Waals surface area contributed by atoms with Crippen LogP contribution < -0.4 is 15.1 Å². The van der Waals surface area contributed by atoms with Crippen molar-refractivity contribution in [3.8, 4) is 5.75 Å². The number of hydrogen-bond donors (Lipinski definition) is 2. The van der Waals surface area contributed by atoms with Crippen LogP contribution in [0.3, 0.4) is 0 Å². The molecule has 0 aromatic heterocycles. The Morgan fingerprint density at radius 2 is 2.07 bits per heavy atom. The van der Waals surface area contributed by atoms with Gasteiger partial charge < -0.3 is 15.1 Å². The summed E-state index contributed by atoms with van der Waals surface area (Å²) in [6.07, 6.45) is 1.09. The largest absolute Gasteiger partial charge is 0.495 e. The number of ether oxygens (including phenoxy) is 1. The minimum absolute atomic E-state index is 0.874. The Morgan fingerprint density at radius 3 is 2.60 bits per heavy atom. The Balaban J connectivity index is 3.09. The third kappa shape index (κ3) is 2.75. The minimum Gasteiger partial charge on any atom is -0.495 e. The highest BCUT2D eigenvalue weighted by atomic mass is 31.0. The molecule has 0 radical (unpaired) electrons. The first kappa shape index (κ1) is 12.1. The lowest BCUT2D eigenvalue weighted by Crippen LogP contribution is -2.04. The molecule has 1 unspecified atom stereocenters. The van der Waals surface area contributed by atoms with Crippen LogP contribution in [0.1, 0.15) is 18.9 Å². The fourth-order valence-electron chi connectivity index (χ4n) is 1.47. The van der Waals surface area contributed by atoms with Crippen molar-refractivity contribution in [2.45, 2.75) is 20.3 Å². The lowest BCUT2D eigenvalue weighted by atomic mass is 10.1. The third-order valence-electron chi connectivity index (χ3n) is 2.29. The highest BCUT2D eigenvalue weighted by molar-refractivity contribution is 7.18. The van der Waals surface area contributed by atoms with Gasteiger partial charge in [0.2, 0.25) is 0 Å². The summed E-state index contributed by atoms with van der Waals surface area (Å²) in [7, 11) is 4.21. The molecule has 0 amide bonds. The molecule has 2 N–H and O–H groups in total. The molecule has 4 heteroatoms. The van der Waals surface area contributed by atoms with Gasteiger partial charge >= 0.3 is 0 Å². The van der Waals surface area contributed by atoms with Gasteiger partial charge in [0.15, 0.2) is 0 Å². The van der Waals surface area contributed by atoms with Gasteiger partial charge in [0.1, 0.15) is 11.4 Å².